The van der Waals surface area contributed by atoms with E-state index in [9.17, 15) is 4.79 Å². The predicted octanol–water partition coefficient (Wildman–Crippen LogP) is 4.01. The standard InChI is InChI=1S/C17H15BrO3/c1-10-7-12-8-11(3-6-15(12)21-10)17(19)14-5-4-13(18)9-16(14)20-2/h3-6,8-10H,7H2,1-2H3. The monoisotopic (exact) mass is 346 g/mol. The van der Waals surface area contributed by atoms with Crippen molar-refractivity contribution < 1.29 is 14.3 Å². The number of carbonyl (C=O) groups excluding carboxylic acids is 1. The van der Waals surface area contributed by atoms with Gasteiger partial charge in [-0.15, -0.1) is 0 Å². The van der Waals surface area contributed by atoms with E-state index in [-0.39, 0.29) is 11.9 Å². The molecule has 0 amide bonds. The molecule has 0 bridgehead atoms. The number of rotatable bonds is 3. The van der Waals surface area contributed by atoms with Gasteiger partial charge in [0.2, 0.25) is 0 Å². The maximum atomic E-state index is 12.7. The van der Waals surface area contributed by atoms with Gasteiger partial charge >= 0.3 is 0 Å². The number of hydrogen-bond donors (Lipinski definition) is 0. The lowest BCUT2D eigenvalue weighted by molar-refractivity contribution is 0.103. The van der Waals surface area contributed by atoms with Gasteiger partial charge in [0.25, 0.3) is 0 Å². The van der Waals surface area contributed by atoms with E-state index in [0.29, 0.717) is 16.9 Å². The summed E-state index contributed by atoms with van der Waals surface area (Å²) in [6.45, 7) is 2.03. The number of hydrogen-bond acceptors (Lipinski definition) is 3. The number of carbonyl (C=O) groups is 1. The number of ketones is 1. The van der Waals surface area contributed by atoms with Crippen LogP contribution in [0.3, 0.4) is 0 Å². The lowest BCUT2D eigenvalue weighted by atomic mass is 9.99. The molecule has 0 aliphatic carbocycles. The summed E-state index contributed by atoms with van der Waals surface area (Å²) in [4.78, 5) is 12.7. The van der Waals surface area contributed by atoms with Gasteiger partial charge in [0.1, 0.15) is 17.6 Å². The summed E-state index contributed by atoms with van der Waals surface area (Å²) in [5.41, 5.74) is 2.31. The highest BCUT2D eigenvalue weighted by Gasteiger charge is 2.22. The summed E-state index contributed by atoms with van der Waals surface area (Å²) < 4.78 is 11.9. The van der Waals surface area contributed by atoms with Gasteiger partial charge in [0.15, 0.2) is 5.78 Å². The molecule has 0 aromatic heterocycles. The number of methoxy groups -OCH3 is 1. The van der Waals surface area contributed by atoms with Gasteiger partial charge in [-0.05, 0) is 48.9 Å². The molecule has 2 aromatic carbocycles. The summed E-state index contributed by atoms with van der Waals surface area (Å²) in [5.74, 6) is 1.41. The minimum Gasteiger partial charge on any atom is -0.496 e. The van der Waals surface area contributed by atoms with E-state index in [1.54, 1.807) is 25.3 Å². The molecule has 0 saturated heterocycles. The van der Waals surface area contributed by atoms with E-state index >= 15 is 0 Å². The Labute approximate surface area is 132 Å². The molecule has 3 rings (SSSR count). The minimum absolute atomic E-state index is 0.0401. The van der Waals surface area contributed by atoms with Crippen molar-refractivity contribution in [1.82, 2.24) is 0 Å². The molecule has 1 aliphatic heterocycles. The Morgan fingerprint density at radius 1 is 1.29 bits per heavy atom. The largest absolute Gasteiger partial charge is 0.496 e. The lowest BCUT2D eigenvalue weighted by Crippen LogP contribution is -2.05. The van der Waals surface area contributed by atoms with Crippen LogP contribution in [0.4, 0.5) is 0 Å². The molecule has 4 heteroatoms. The van der Waals surface area contributed by atoms with Crippen LogP contribution < -0.4 is 9.47 Å². The Balaban J connectivity index is 1.98. The van der Waals surface area contributed by atoms with Crippen LogP contribution >= 0.6 is 15.9 Å². The third kappa shape index (κ3) is 2.68. The fourth-order valence-electron chi connectivity index (χ4n) is 2.57. The molecule has 1 unspecified atom stereocenters. The van der Waals surface area contributed by atoms with Crippen LogP contribution in [0.25, 0.3) is 0 Å². The Morgan fingerprint density at radius 3 is 2.86 bits per heavy atom. The average molecular weight is 347 g/mol. The van der Waals surface area contributed by atoms with Gasteiger partial charge in [-0.3, -0.25) is 4.79 Å². The molecular formula is C17H15BrO3. The lowest BCUT2D eigenvalue weighted by Gasteiger charge is -2.09. The van der Waals surface area contributed by atoms with Crippen LogP contribution in [0.1, 0.15) is 28.4 Å². The highest BCUT2D eigenvalue weighted by Crippen LogP contribution is 2.31. The second-order valence-corrected chi connectivity index (χ2v) is 6.04. The van der Waals surface area contributed by atoms with Crippen LogP contribution in [0.5, 0.6) is 11.5 Å². The molecule has 0 saturated carbocycles. The first kappa shape index (κ1) is 14.1. The SMILES string of the molecule is COc1cc(Br)ccc1C(=O)c1ccc2c(c1)CC(C)O2. The molecular weight excluding hydrogens is 332 g/mol. The molecule has 0 spiro atoms. The molecule has 3 nitrogen and oxygen atoms in total. The van der Waals surface area contributed by atoms with Gasteiger partial charge in [-0.1, -0.05) is 15.9 Å². The predicted molar refractivity (Wildman–Crippen MR) is 84.4 cm³/mol. The van der Waals surface area contributed by atoms with E-state index < -0.39 is 0 Å². The molecule has 1 aliphatic rings. The van der Waals surface area contributed by atoms with Crippen molar-refractivity contribution in [3.05, 3.63) is 57.6 Å². The van der Waals surface area contributed by atoms with Crippen LogP contribution in [-0.4, -0.2) is 19.0 Å². The molecule has 0 N–H and O–H groups in total. The first-order valence-corrected chi connectivity index (χ1v) is 7.55. The van der Waals surface area contributed by atoms with Crippen LogP contribution in [0.2, 0.25) is 0 Å². The normalized spacial score (nSPS) is 16.2. The molecule has 1 atom stereocenters. The first-order valence-electron chi connectivity index (χ1n) is 6.76. The van der Waals surface area contributed by atoms with Crippen molar-refractivity contribution in [2.24, 2.45) is 0 Å². The van der Waals surface area contributed by atoms with Crippen molar-refractivity contribution in [2.45, 2.75) is 19.4 Å². The van der Waals surface area contributed by atoms with Gasteiger partial charge in [-0.2, -0.15) is 0 Å². The Morgan fingerprint density at radius 2 is 2.10 bits per heavy atom. The van der Waals surface area contributed by atoms with Crippen LogP contribution in [0, 0.1) is 0 Å². The summed E-state index contributed by atoms with van der Waals surface area (Å²) in [6.07, 6.45) is 1.01. The van der Waals surface area contributed by atoms with Gasteiger partial charge < -0.3 is 9.47 Å². The maximum Gasteiger partial charge on any atom is 0.196 e. The van der Waals surface area contributed by atoms with Crippen molar-refractivity contribution in [1.29, 1.82) is 0 Å². The topological polar surface area (TPSA) is 35.5 Å². The van der Waals surface area contributed by atoms with Gasteiger partial charge in [0.05, 0.1) is 12.7 Å². The minimum atomic E-state index is -0.0401. The zero-order chi connectivity index (χ0) is 15.0. The Kier molecular flexibility index (Phi) is 3.72. The maximum absolute atomic E-state index is 12.7. The molecule has 0 radical (unpaired) electrons. The van der Waals surface area contributed by atoms with E-state index in [2.05, 4.69) is 15.9 Å². The van der Waals surface area contributed by atoms with Crippen molar-refractivity contribution in [3.63, 3.8) is 0 Å². The third-order valence-corrected chi connectivity index (χ3v) is 4.06. The quantitative estimate of drug-likeness (QED) is 0.787. The van der Waals surface area contributed by atoms with E-state index in [1.807, 2.05) is 25.1 Å². The Bertz CT molecular complexity index is 709. The number of ether oxygens (including phenoxy) is 2. The number of benzene rings is 2. The molecule has 0 fully saturated rings. The fraction of sp³-hybridized carbons (Fsp3) is 0.235. The number of halogens is 1. The van der Waals surface area contributed by atoms with Crippen LogP contribution in [-0.2, 0) is 6.42 Å². The van der Waals surface area contributed by atoms with Gasteiger partial charge in [-0.25, -0.2) is 0 Å². The molecule has 21 heavy (non-hydrogen) atoms. The first-order chi connectivity index (χ1) is 10.1. The van der Waals surface area contributed by atoms with Crippen molar-refractivity contribution >= 4 is 21.7 Å². The fourth-order valence-corrected chi connectivity index (χ4v) is 2.91. The Hall–Kier alpha value is -1.81. The smallest absolute Gasteiger partial charge is 0.196 e. The number of fused-ring (bicyclic) bond motifs is 1. The second-order valence-electron chi connectivity index (χ2n) is 5.13. The highest BCUT2D eigenvalue weighted by atomic mass is 79.9. The van der Waals surface area contributed by atoms with Crippen LogP contribution in [0.15, 0.2) is 40.9 Å². The summed E-state index contributed by atoms with van der Waals surface area (Å²) in [6, 6.07) is 11.0. The summed E-state index contributed by atoms with van der Waals surface area (Å²) in [5, 5.41) is 0. The summed E-state index contributed by atoms with van der Waals surface area (Å²) >= 11 is 3.38. The second kappa shape index (κ2) is 5.53. The zero-order valence-corrected chi connectivity index (χ0v) is 13.4. The van der Waals surface area contributed by atoms with Crippen molar-refractivity contribution in [3.8, 4) is 11.5 Å². The third-order valence-electron chi connectivity index (χ3n) is 3.57. The van der Waals surface area contributed by atoms with E-state index in [0.717, 1.165) is 22.2 Å². The van der Waals surface area contributed by atoms with Gasteiger partial charge in [0, 0.05) is 16.5 Å². The average Bonchev–Trinajstić information content (AvgIpc) is 2.85. The molecule has 2 aromatic rings. The molecule has 1 heterocycles. The highest BCUT2D eigenvalue weighted by molar-refractivity contribution is 9.10. The zero-order valence-electron chi connectivity index (χ0n) is 11.9. The summed E-state index contributed by atoms with van der Waals surface area (Å²) in [7, 11) is 1.57. The van der Waals surface area contributed by atoms with Crippen molar-refractivity contribution in [2.75, 3.05) is 7.11 Å². The molecule has 108 valence electrons. The van der Waals surface area contributed by atoms with E-state index in [4.69, 9.17) is 9.47 Å². The van der Waals surface area contributed by atoms with E-state index in [1.165, 1.54) is 0 Å².